The molecule has 0 bridgehead atoms. The molecular formula is C15H19N3OS2. The molecule has 0 spiro atoms. The molecule has 1 heterocycles. The SMILES string of the molecule is Cc1cc(SCc2csc(CC(=O)N(C)C)n2)ccc1N. The summed E-state index contributed by atoms with van der Waals surface area (Å²) in [6.07, 6.45) is 0.378. The van der Waals surface area contributed by atoms with Crippen LogP contribution in [0.1, 0.15) is 16.3 Å². The summed E-state index contributed by atoms with van der Waals surface area (Å²) in [5, 5.41) is 2.90. The number of carbonyl (C=O) groups is 1. The third-order valence-electron chi connectivity index (χ3n) is 3.03. The van der Waals surface area contributed by atoms with Crippen LogP contribution in [-0.2, 0) is 17.0 Å². The zero-order valence-electron chi connectivity index (χ0n) is 12.4. The predicted molar refractivity (Wildman–Crippen MR) is 89.7 cm³/mol. The number of nitrogens with zero attached hydrogens (tertiary/aromatic N) is 2. The molecular weight excluding hydrogens is 302 g/mol. The molecule has 0 fully saturated rings. The highest BCUT2D eigenvalue weighted by Gasteiger charge is 2.10. The molecule has 0 radical (unpaired) electrons. The van der Waals surface area contributed by atoms with Crippen molar-refractivity contribution in [2.75, 3.05) is 19.8 Å². The molecule has 1 aromatic carbocycles. The van der Waals surface area contributed by atoms with Gasteiger partial charge in [0.15, 0.2) is 0 Å². The van der Waals surface area contributed by atoms with E-state index in [1.54, 1.807) is 42.1 Å². The van der Waals surface area contributed by atoms with Gasteiger partial charge >= 0.3 is 0 Å². The number of thioether (sulfide) groups is 1. The van der Waals surface area contributed by atoms with Crippen LogP contribution in [0.15, 0.2) is 28.5 Å². The highest BCUT2D eigenvalue weighted by molar-refractivity contribution is 7.98. The summed E-state index contributed by atoms with van der Waals surface area (Å²) in [5.41, 5.74) is 8.74. The van der Waals surface area contributed by atoms with Crippen molar-refractivity contribution in [3.05, 3.63) is 39.8 Å². The topological polar surface area (TPSA) is 59.2 Å². The van der Waals surface area contributed by atoms with Crippen LogP contribution in [0, 0.1) is 6.92 Å². The van der Waals surface area contributed by atoms with Gasteiger partial charge < -0.3 is 10.6 Å². The molecule has 2 rings (SSSR count). The molecule has 0 saturated heterocycles. The zero-order valence-corrected chi connectivity index (χ0v) is 14.1. The van der Waals surface area contributed by atoms with Gasteiger partial charge in [0.05, 0.1) is 12.1 Å². The lowest BCUT2D eigenvalue weighted by Crippen LogP contribution is -2.23. The minimum Gasteiger partial charge on any atom is -0.399 e. The smallest absolute Gasteiger partial charge is 0.228 e. The summed E-state index contributed by atoms with van der Waals surface area (Å²) in [5.74, 6) is 0.883. The normalized spacial score (nSPS) is 10.6. The molecule has 112 valence electrons. The van der Waals surface area contributed by atoms with Crippen LogP contribution in [0.2, 0.25) is 0 Å². The first-order valence-electron chi connectivity index (χ1n) is 6.58. The predicted octanol–water partition coefficient (Wildman–Crippen LogP) is 2.96. The van der Waals surface area contributed by atoms with Gasteiger partial charge in [0, 0.05) is 35.8 Å². The lowest BCUT2D eigenvalue weighted by molar-refractivity contribution is -0.127. The van der Waals surface area contributed by atoms with Crippen molar-refractivity contribution in [2.24, 2.45) is 0 Å². The number of thiazole rings is 1. The van der Waals surface area contributed by atoms with E-state index in [9.17, 15) is 4.79 Å². The first-order chi connectivity index (χ1) is 9.95. The molecule has 2 aromatic rings. The molecule has 0 saturated carbocycles. The average molecular weight is 321 g/mol. The lowest BCUT2D eigenvalue weighted by Gasteiger charge is -2.07. The molecule has 1 aromatic heterocycles. The summed E-state index contributed by atoms with van der Waals surface area (Å²) >= 11 is 3.27. The molecule has 21 heavy (non-hydrogen) atoms. The Hall–Kier alpha value is -1.53. The molecule has 0 atom stereocenters. The molecule has 0 unspecified atom stereocenters. The van der Waals surface area contributed by atoms with E-state index in [1.807, 2.05) is 24.4 Å². The number of likely N-dealkylation sites (N-methyl/N-ethyl adjacent to an activating group) is 1. The van der Waals surface area contributed by atoms with Crippen molar-refractivity contribution in [1.82, 2.24) is 9.88 Å². The van der Waals surface area contributed by atoms with Crippen molar-refractivity contribution in [2.45, 2.75) is 24.0 Å². The average Bonchev–Trinajstić information content (AvgIpc) is 2.87. The van der Waals surface area contributed by atoms with Gasteiger partial charge in [0.2, 0.25) is 5.91 Å². The van der Waals surface area contributed by atoms with E-state index in [2.05, 4.69) is 11.1 Å². The number of anilines is 1. The Morgan fingerprint density at radius 1 is 1.43 bits per heavy atom. The Morgan fingerprint density at radius 3 is 2.86 bits per heavy atom. The lowest BCUT2D eigenvalue weighted by atomic mass is 10.2. The summed E-state index contributed by atoms with van der Waals surface area (Å²) in [6, 6.07) is 6.04. The molecule has 0 aliphatic heterocycles. The summed E-state index contributed by atoms with van der Waals surface area (Å²) in [6.45, 7) is 2.01. The van der Waals surface area contributed by atoms with Crippen molar-refractivity contribution in [3.63, 3.8) is 0 Å². The fourth-order valence-electron chi connectivity index (χ4n) is 1.68. The van der Waals surface area contributed by atoms with Crippen molar-refractivity contribution >= 4 is 34.7 Å². The minimum absolute atomic E-state index is 0.0812. The highest BCUT2D eigenvalue weighted by Crippen LogP contribution is 2.26. The first kappa shape index (κ1) is 15.9. The van der Waals surface area contributed by atoms with E-state index in [0.29, 0.717) is 6.42 Å². The number of carbonyl (C=O) groups excluding carboxylic acids is 1. The van der Waals surface area contributed by atoms with Gasteiger partial charge in [-0.25, -0.2) is 4.98 Å². The van der Waals surface area contributed by atoms with Gasteiger partial charge in [0.1, 0.15) is 5.01 Å². The Balaban J connectivity index is 1.93. The molecule has 4 nitrogen and oxygen atoms in total. The number of aromatic nitrogens is 1. The van der Waals surface area contributed by atoms with Crippen LogP contribution < -0.4 is 5.73 Å². The molecule has 0 aliphatic carbocycles. The summed E-state index contributed by atoms with van der Waals surface area (Å²) < 4.78 is 0. The number of rotatable bonds is 5. The van der Waals surface area contributed by atoms with Crippen molar-refractivity contribution < 1.29 is 4.79 Å². The van der Waals surface area contributed by atoms with E-state index in [1.165, 1.54) is 4.90 Å². The molecule has 2 N–H and O–H groups in total. The maximum absolute atomic E-state index is 11.6. The van der Waals surface area contributed by atoms with Crippen LogP contribution in [0.25, 0.3) is 0 Å². The number of hydrogen-bond acceptors (Lipinski definition) is 5. The van der Waals surface area contributed by atoms with Gasteiger partial charge in [-0.3, -0.25) is 4.79 Å². The monoisotopic (exact) mass is 321 g/mol. The Morgan fingerprint density at radius 2 is 2.19 bits per heavy atom. The van der Waals surface area contributed by atoms with Gasteiger partial charge in [-0.2, -0.15) is 0 Å². The number of aryl methyl sites for hydroxylation is 1. The molecule has 6 heteroatoms. The maximum Gasteiger partial charge on any atom is 0.228 e. The van der Waals surface area contributed by atoms with Crippen LogP contribution in [0.3, 0.4) is 0 Å². The summed E-state index contributed by atoms with van der Waals surface area (Å²) in [7, 11) is 3.52. The van der Waals surface area contributed by atoms with E-state index in [-0.39, 0.29) is 5.91 Å². The minimum atomic E-state index is 0.0812. The van der Waals surface area contributed by atoms with Crippen LogP contribution in [0.5, 0.6) is 0 Å². The second-order valence-electron chi connectivity index (χ2n) is 5.00. The maximum atomic E-state index is 11.6. The number of nitrogens with two attached hydrogens (primary N) is 1. The zero-order chi connectivity index (χ0) is 15.4. The first-order valence-corrected chi connectivity index (χ1v) is 8.44. The number of amides is 1. The number of nitrogen functional groups attached to an aromatic ring is 1. The van der Waals surface area contributed by atoms with E-state index >= 15 is 0 Å². The quantitative estimate of drug-likeness (QED) is 0.679. The second kappa shape index (κ2) is 6.95. The van der Waals surface area contributed by atoms with Crippen LogP contribution >= 0.6 is 23.1 Å². The fourth-order valence-corrected chi connectivity index (χ4v) is 3.46. The van der Waals surface area contributed by atoms with E-state index in [4.69, 9.17) is 5.73 Å². The van der Waals surface area contributed by atoms with Gasteiger partial charge in [-0.1, -0.05) is 0 Å². The third-order valence-corrected chi connectivity index (χ3v) is 4.95. The van der Waals surface area contributed by atoms with Crippen molar-refractivity contribution in [1.29, 1.82) is 0 Å². The fraction of sp³-hybridized carbons (Fsp3) is 0.333. The third kappa shape index (κ3) is 4.47. The van der Waals surface area contributed by atoms with Crippen LogP contribution in [-0.4, -0.2) is 29.9 Å². The van der Waals surface area contributed by atoms with Gasteiger partial charge in [0.25, 0.3) is 0 Å². The standard InChI is InChI=1S/C15H19N3OS2/c1-10-6-12(4-5-13(10)16)20-8-11-9-21-14(17-11)7-15(19)18(2)3/h4-6,9H,7-8,16H2,1-3H3. The number of hydrogen-bond donors (Lipinski definition) is 1. The van der Waals surface area contributed by atoms with E-state index in [0.717, 1.165) is 27.7 Å². The Kier molecular flexibility index (Phi) is 5.25. The van der Waals surface area contributed by atoms with Crippen molar-refractivity contribution in [3.8, 4) is 0 Å². The summed E-state index contributed by atoms with van der Waals surface area (Å²) in [4.78, 5) is 18.9. The van der Waals surface area contributed by atoms with Gasteiger partial charge in [-0.15, -0.1) is 23.1 Å². The Bertz CT molecular complexity index is 638. The highest BCUT2D eigenvalue weighted by atomic mass is 32.2. The Labute approximate surface area is 133 Å². The van der Waals surface area contributed by atoms with Gasteiger partial charge in [-0.05, 0) is 30.7 Å². The largest absolute Gasteiger partial charge is 0.399 e. The second-order valence-corrected chi connectivity index (χ2v) is 7.00. The van der Waals surface area contributed by atoms with Crippen LogP contribution in [0.4, 0.5) is 5.69 Å². The molecule has 0 aliphatic rings. The number of benzene rings is 1. The van der Waals surface area contributed by atoms with E-state index < -0.39 is 0 Å². The molecule has 1 amide bonds.